The van der Waals surface area contributed by atoms with E-state index in [0.717, 1.165) is 25.7 Å². The van der Waals surface area contributed by atoms with Gasteiger partial charge >= 0.3 is 0 Å². The molecule has 1 aliphatic heterocycles. The standard InChI is InChI=1S/C23H28F2O3.C3H8/c1-3-4-5-16-6-8-17(9-7-16)18-10-11-19(27-14-18)15-28-21-13-12-20(26-2)22(24)23(21)25;1-3-2/h3,6-9,18-19H,1,4-5,10-15H2,2H3;3H2,1-2H3. The van der Waals surface area contributed by atoms with Crippen LogP contribution in [-0.2, 0) is 20.6 Å². The first-order valence-electron chi connectivity index (χ1n) is 11.3. The Hall–Kier alpha value is -2.14. The van der Waals surface area contributed by atoms with E-state index in [0.29, 0.717) is 25.4 Å². The molecule has 0 spiro atoms. The van der Waals surface area contributed by atoms with E-state index in [2.05, 4.69) is 44.7 Å². The second-order valence-electron chi connectivity index (χ2n) is 8.00. The molecule has 3 rings (SSSR count). The van der Waals surface area contributed by atoms with E-state index in [1.165, 1.54) is 24.7 Å². The molecule has 0 radical (unpaired) electrons. The summed E-state index contributed by atoms with van der Waals surface area (Å²) < 4.78 is 44.1. The van der Waals surface area contributed by atoms with E-state index >= 15 is 0 Å². The van der Waals surface area contributed by atoms with Crippen LogP contribution >= 0.6 is 0 Å². The Labute approximate surface area is 185 Å². The molecule has 2 unspecified atom stereocenters. The molecule has 1 heterocycles. The molecule has 0 amide bonds. The van der Waals surface area contributed by atoms with Gasteiger partial charge in [0.25, 0.3) is 0 Å². The van der Waals surface area contributed by atoms with Gasteiger partial charge in [-0.2, -0.15) is 8.78 Å². The first-order chi connectivity index (χ1) is 15.0. The number of methoxy groups -OCH3 is 1. The zero-order valence-electron chi connectivity index (χ0n) is 19.1. The van der Waals surface area contributed by atoms with Crippen LogP contribution in [0.15, 0.2) is 60.1 Å². The lowest BCUT2D eigenvalue weighted by Gasteiger charge is -2.30. The normalized spacial score (nSPS) is 21.3. The van der Waals surface area contributed by atoms with E-state index in [4.69, 9.17) is 14.2 Å². The van der Waals surface area contributed by atoms with Crippen LogP contribution in [0.3, 0.4) is 0 Å². The number of rotatable bonds is 8. The molecule has 0 N–H and O–H groups in total. The minimum absolute atomic E-state index is 0.0390. The lowest BCUT2D eigenvalue weighted by molar-refractivity contribution is -0.0371. The van der Waals surface area contributed by atoms with Gasteiger partial charge in [-0.15, -0.1) is 6.58 Å². The van der Waals surface area contributed by atoms with Gasteiger partial charge in [0.15, 0.2) is 11.7 Å². The van der Waals surface area contributed by atoms with Crippen LogP contribution in [0.5, 0.6) is 0 Å². The van der Waals surface area contributed by atoms with Gasteiger partial charge in [0.1, 0.15) is 18.1 Å². The Balaban J connectivity index is 0.00000107. The molecule has 0 saturated carbocycles. The third kappa shape index (κ3) is 7.49. The Morgan fingerprint density at radius 1 is 1.06 bits per heavy atom. The lowest BCUT2D eigenvalue weighted by atomic mass is 9.90. The van der Waals surface area contributed by atoms with Gasteiger partial charge in [0, 0.05) is 18.8 Å². The zero-order chi connectivity index (χ0) is 22.6. The fraction of sp³-hybridized carbons (Fsp3) is 0.538. The van der Waals surface area contributed by atoms with Crippen molar-refractivity contribution in [2.24, 2.45) is 0 Å². The van der Waals surface area contributed by atoms with Crippen LogP contribution in [0.1, 0.15) is 69.4 Å². The predicted octanol–water partition coefficient (Wildman–Crippen LogP) is 7.30. The van der Waals surface area contributed by atoms with Gasteiger partial charge in [-0.05, 0) is 36.8 Å². The van der Waals surface area contributed by atoms with Crippen molar-refractivity contribution in [3.63, 3.8) is 0 Å². The van der Waals surface area contributed by atoms with Crippen LogP contribution in [0.4, 0.5) is 8.78 Å². The first kappa shape index (κ1) is 25.1. The summed E-state index contributed by atoms with van der Waals surface area (Å²) in [5.74, 6) is -1.45. The lowest BCUT2D eigenvalue weighted by Crippen LogP contribution is -2.28. The van der Waals surface area contributed by atoms with E-state index in [-0.39, 0.29) is 24.2 Å². The topological polar surface area (TPSA) is 27.7 Å². The Kier molecular flexibility index (Phi) is 10.8. The molecule has 172 valence electrons. The van der Waals surface area contributed by atoms with Gasteiger partial charge in [-0.25, -0.2) is 0 Å². The van der Waals surface area contributed by atoms with Crippen LogP contribution in [-0.4, -0.2) is 26.4 Å². The van der Waals surface area contributed by atoms with Crippen molar-refractivity contribution in [3.05, 3.63) is 71.2 Å². The summed E-state index contributed by atoms with van der Waals surface area (Å²) in [4.78, 5) is 0. The molecule has 1 fully saturated rings. The van der Waals surface area contributed by atoms with E-state index in [9.17, 15) is 8.78 Å². The summed E-state index contributed by atoms with van der Waals surface area (Å²) in [5, 5.41) is 0. The van der Waals surface area contributed by atoms with Crippen LogP contribution in [0.25, 0.3) is 0 Å². The number of hydrogen-bond donors (Lipinski definition) is 0. The van der Waals surface area contributed by atoms with Crippen LogP contribution in [0.2, 0.25) is 0 Å². The number of ether oxygens (including phenoxy) is 3. The highest BCUT2D eigenvalue weighted by Gasteiger charge is 2.27. The van der Waals surface area contributed by atoms with Gasteiger partial charge in [0.2, 0.25) is 0 Å². The molecular formula is C26H36F2O3. The van der Waals surface area contributed by atoms with Gasteiger partial charge in [0.05, 0.1) is 19.8 Å². The van der Waals surface area contributed by atoms with Crippen molar-refractivity contribution in [1.29, 1.82) is 0 Å². The monoisotopic (exact) mass is 434 g/mol. The van der Waals surface area contributed by atoms with Crippen molar-refractivity contribution in [3.8, 4) is 0 Å². The Morgan fingerprint density at radius 3 is 2.29 bits per heavy atom. The molecule has 3 nitrogen and oxygen atoms in total. The second-order valence-corrected chi connectivity index (χ2v) is 8.00. The molecule has 31 heavy (non-hydrogen) atoms. The van der Waals surface area contributed by atoms with Crippen molar-refractivity contribution in [2.75, 3.05) is 20.3 Å². The minimum Gasteiger partial charge on any atom is -0.498 e. The Bertz CT molecular complexity index is 744. The number of benzene rings is 1. The summed E-state index contributed by atoms with van der Waals surface area (Å²) in [6, 6.07) is 8.69. The highest BCUT2D eigenvalue weighted by Crippen LogP contribution is 2.34. The molecule has 0 bridgehead atoms. The largest absolute Gasteiger partial charge is 0.498 e. The smallest absolute Gasteiger partial charge is 0.199 e. The summed E-state index contributed by atoms with van der Waals surface area (Å²) in [5.41, 5.74) is 2.59. The average Bonchev–Trinajstić information content (AvgIpc) is 2.80. The molecule has 1 aliphatic carbocycles. The van der Waals surface area contributed by atoms with Crippen molar-refractivity contribution in [2.45, 2.75) is 70.8 Å². The summed E-state index contributed by atoms with van der Waals surface area (Å²) in [7, 11) is 1.34. The molecule has 1 saturated heterocycles. The van der Waals surface area contributed by atoms with E-state index < -0.39 is 11.7 Å². The summed E-state index contributed by atoms with van der Waals surface area (Å²) in [6.07, 6.45) is 7.51. The maximum absolute atomic E-state index is 14.0. The fourth-order valence-corrected chi connectivity index (χ4v) is 3.64. The average molecular weight is 435 g/mol. The highest BCUT2D eigenvalue weighted by molar-refractivity contribution is 5.29. The summed E-state index contributed by atoms with van der Waals surface area (Å²) >= 11 is 0. The number of allylic oxidation sites excluding steroid dienone is 5. The Morgan fingerprint density at radius 2 is 1.71 bits per heavy atom. The van der Waals surface area contributed by atoms with Crippen molar-refractivity contribution < 1.29 is 23.0 Å². The fourth-order valence-electron chi connectivity index (χ4n) is 3.64. The number of halogens is 2. The highest BCUT2D eigenvalue weighted by atomic mass is 19.2. The van der Waals surface area contributed by atoms with Crippen molar-refractivity contribution >= 4 is 0 Å². The third-order valence-electron chi connectivity index (χ3n) is 5.41. The molecule has 1 aromatic carbocycles. The second kappa shape index (κ2) is 13.3. The molecule has 0 aromatic heterocycles. The first-order valence-corrected chi connectivity index (χ1v) is 11.3. The maximum Gasteiger partial charge on any atom is 0.199 e. The molecule has 1 aromatic rings. The predicted molar refractivity (Wildman–Crippen MR) is 121 cm³/mol. The molecule has 2 atom stereocenters. The summed E-state index contributed by atoms with van der Waals surface area (Å²) in [6.45, 7) is 8.86. The van der Waals surface area contributed by atoms with Crippen molar-refractivity contribution in [1.82, 2.24) is 0 Å². The van der Waals surface area contributed by atoms with Gasteiger partial charge in [-0.1, -0.05) is 50.6 Å². The maximum atomic E-state index is 14.0. The zero-order valence-corrected chi connectivity index (χ0v) is 19.1. The molecule has 2 aliphatic rings. The van der Waals surface area contributed by atoms with E-state index in [1.807, 2.05) is 6.08 Å². The van der Waals surface area contributed by atoms with Crippen LogP contribution < -0.4 is 0 Å². The molecule has 5 heteroatoms. The van der Waals surface area contributed by atoms with Crippen LogP contribution in [0, 0.1) is 0 Å². The van der Waals surface area contributed by atoms with Gasteiger partial charge < -0.3 is 14.2 Å². The third-order valence-corrected chi connectivity index (χ3v) is 5.41. The molecular weight excluding hydrogens is 398 g/mol. The van der Waals surface area contributed by atoms with Gasteiger partial charge in [-0.3, -0.25) is 0 Å². The number of aryl methyl sites for hydroxylation is 1. The van der Waals surface area contributed by atoms with E-state index in [1.54, 1.807) is 0 Å². The SMILES string of the molecule is C=CCCc1ccc(C2CCC(COC3=C(F)C(F)=C(OC)CC3)OC2)cc1.CCC. The minimum atomic E-state index is -0.954. The quantitative estimate of drug-likeness (QED) is 0.402. The number of hydrogen-bond acceptors (Lipinski definition) is 3.